The van der Waals surface area contributed by atoms with Gasteiger partial charge in [0.25, 0.3) is 0 Å². The van der Waals surface area contributed by atoms with E-state index in [0.717, 1.165) is 11.1 Å². The molecule has 0 bridgehead atoms. The van der Waals surface area contributed by atoms with E-state index in [2.05, 4.69) is 41.5 Å². The quantitative estimate of drug-likeness (QED) is 0.340. The van der Waals surface area contributed by atoms with Crippen molar-refractivity contribution in [3.63, 3.8) is 0 Å². The molecule has 0 aliphatic rings. The first kappa shape index (κ1) is 23.3. The summed E-state index contributed by atoms with van der Waals surface area (Å²) in [6.45, 7) is 12.8. The summed E-state index contributed by atoms with van der Waals surface area (Å²) in [7, 11) is 0. The standard InChI is InChI=1S/C28H30O4/c1-27(2,3)21-11-15-23(16-12-21)31-25(29)19-7-9-20(10-8-19)26(30)32-24-17-13-22(14-18-24)28(4,5)6/h7-18H,1-6H3. The topological polar surface area (TPSA) is 52.6 Å². The molecule has 0 aliphatic carbocycles. The molecule has 4 nitrogen and oxygen atoms in total. The summed E-state index contributed by atoms with van der Waals surface area (Å²) in [6.07, 6.45) is 0. The molecule has 166 valence electrons. The number of esters is 2. The molecule has 0 saturated heterocycles. The summed E-state index contributed by atoms with van der Waals surface area (Å²) < 4.78 is 10.9. The highest BCUT2D eigenvalue weighted by Crippen LogP contribution is 2.26. The van der Waals surface area contributed by atoms with Gasteiger partial charge in [0, 0.05) is 0 Å². The smallest absolute Gasteiger partial charge is 0.343 e. The van der Waals surface area contributed by atoms with Crippen molar-refractivity contribution in [1.82, 2.24) is 0 Å². The summed E-state index contributed by atoms with van der Waals surface area (Å²) >= 11 is 0. The third kappa shape index (κ3) is 5.85. The van der Waals surface area contributed by atoms with Crippen molar-refractivity contribution in [2.24, 2.45) is 0 Å². The summed E-state index contributed by atoms with van der Waals surface area (Å²) in [4.78, 5) is 24.9. The minimum Gasteiger partial charge on any atom is -0.423 e. The van der Waals surface area contributed by atoms with E-state index >= 15 is 0 Å². The Hall–Kier alpha value is -3.40. The number of carbonyl (C=O) groups is 2. The van der Waals surface area contributed by atoms with Crippen molar-refractivity contribution in [2.45, 2.75) is 52.4 Å². The van der Waals surface area contributed by atoms with Crippen LogP contribution < -0.4 is 9.47 Å². The lowest BCUT2D eigenvalue weighted by molar-refractivity contribution is 0.0720. The van der Waals surface area contributed by atoms with E-state index in [1.54, 1.807) is 48.5 Å². The number of rotatable bonds is 4. The molecule has 0 aliphatic heterocycles. The monoisotopic (exact) mass is 430 g/mol. The molecule has 3 rings (SSSR count). The van der Waals surface area contributed by atoms with Gasteiger partial charge in [-0.2, -0.15) is 0 Å². The molecule has 0 aromatic heterocycles. The molecule has 0 unspecified atom stereocenters. The second-order valence-electron chi connectivity index (χ2n) is 9.91. The van der Waals surface area contributed by atoms with E-state index in [9.17, 15) is 9.59 Å². The Morgan fingerprint density at radius 3 is 1.03 bits per heavy atom. The third-order valence-electron chi connectivity index (χ3n) is 5.22. The maximum atomic E-state index is 12.4. The van der Waals surface area contributed by atoms with Crippen LogP contribution in [0.1, 0.15) is 73.4 Å². The number of hydrogen-bond donors (Lipinski definition) is 0. The zero-order valence-corrected chi connectivity index (χ0v) is 19.6. The highest BCUT2D eigenvalue weighted by Gasteiger charge is 2.16. The van der Waals surface area contributed by atoms with Crippen LogP contribution in [0.4, 0.5) is 0 Å². The molecular formula is C28H30O4. The van der Waals surface area contributed by atoms with Crippen molar-refractivity contribution in [3.05, 3.63) is 95.1 Å². The van der Waals surface area contributed by atoms with Crippen molar-refractivity contribution in [2.75, 3.05) is 0 Å². The van der Waals surface area contributed by atoms with E-state index in [-0.39, 0.29) is 10.8 Å². The molecule has 0 N–H and O–H groups in total. The Balaban J connectivity index is 1.62. The zero-order chi connectivity index (χ0) is 23.5. The van der Waals surface area contributed by atoms with E-state index in [1.165, 1.54) is 0 Å². The fourth-order valence-corrected chi connectivity index (χ4v) is 3.12. The van der Waals surface area contributed by atoms with Gasteiger partial charge in [-0.25, -0.2) is 9.59 Å². The van der Waals surface area contributed by atoms with E-state index in [1.807, 2.05) is 24.3 Å². The highest BCUT2D eigenvalue weighted by atomic mass is 16.5. The van der Waals surface area contributed by atoms with Crippen LogP contribution in [0.5, 0.6) is 11.5 Å². The molecule has 0 fully saturated rings. The van der Waals surface area contributed by atoms with Crippen LogP contribution >= 0.6 is 0 Å². The molecule has 0 heterocycles. The lowest BCUT2D eigenvalue weighted by atomic mass is 9.87. The van der Waals surface area contributed by atoms with Crippen LogP contribution in [-0.4, -0.2) is 11.9 Å². The molecule has 0 radical (unpaired) electrons. The van der Waals surface area contributed by atoms with Crippen LogP contribution in [0.25, 0.3) is 0 Å². The molecule has 3 aromatic carbocycles. The minimum absolute atomic E-state index is 0.0294. The summed E-state index contributed by atoms with van der Waals surface area (Å²) in [5, 5.41) is 0. The first-order valence-corrected chi connectivity index (χ1v) is 10.7. The molecule has 0 atom stereocenters. The van der Waals surface area contributed by atoms with Crippen molar-refractivity contribution < 1.29 is 19.1 Å². The normalized spacial score (nSPS) is 11.7. The van der Waals surface area contributed by atoms with Crippen LogP contribution in [0.2, 0.25) is 0 Å². The Labute approximate surface area is 190 Å². The fraction of sp³-hybridized carbons (Fsp3) is 0.286. The number of ether oxygens (including phenoxy) is 2. The van der Waals surface area contributed by atoms with Crippen molar-refractivity contribution >= 4 is 11.9 Å². The van der Waals surface area contributed by atoms with Crippen molar-refractivity contribution in [1.29, 1.82) is 0 Å². The van der Waals surface area contributed by atoms with Crippen molar-refractivity contribution in [3.8, 4) is 11.5 Å². The molecule has 0 spiro atoms. The van der Waals surface area contributed by atoms with Crippen LogP contribution in [-0.2, 0) is 10.8 Å². The van der Waals surface area contributed by atoms with Crippen LogP contribution in [0.3, 0.4) is 0 Å². The zero-order valence-electron chi connectivity index (χ0n) is 19.6. The van der Waals surface area contributed by atoms with Gasteiger partial charge < -0.3 is 9.47 Å². The molecule has 0 amide bonds. The minimum atomic E-state index is -0.480. The van der Waals surface area contributed by atoms with Gasteiger partial charge in [-0.15, -0.1) is 0 Å². The molecule has 32 heavy (non-hydrogen) atoms. The number of hydrogen-bond acceptors (Lipinski definition) is 4. The molecule has 3 aromatic rings. The van der Waals surface area contributed by atoms with E-state index < -0.39 is 11.9 Å². The second kappa shape index (κ2) is 8.99. The first-order valence-electron chi connectivity index (χ1n) is 10.7. The third-order valence-corrected chi connectivity index (χ3v) is 5.22. The van der Waals surface area contributed by atoms with E-state index in [0.29, 0.717) is 22.6 Å². The van der Waals surface area contributed by atoms with Gasteiger partial charge in [0.05, 0.1) is 11.1 Å². The largest absolute Gasteiger partial charge is 0.423 e. The first-order chi connectivity index (χ1) is 14.9. The van der Waals surface area contributed by atoms with Gasteiger partial charge in [-0.05, 0) is 70.5 Å². The van der Waals surface area contributed by atoms with Gasteiger partial charge in [0.15, 0.2) is 0 Å². The Kier molecular flexibility index (Phi) is 6.54. The number of carbonyl (C=O) groups excluding carboxylic acids is 2. The van der Waals surface area contributed by atoms with Gasteiger partial charge in [0.1, 0.15) is 11.5 Å². The molecule has 4 heteroatoms. The average molecular weight is 431 g/mol. The van der Waals surface area contributed by atoms with Gasteiger partial charge in [0.2, 0.25) is 0 Å². The number of benzene rings is 3. The molecule has 0 saturated carbocycles. The Morgan fingerprint density at radius 1 is 0.500 bits per heavy atom. The SMILES string of the molecule is CC(C)(C)c1ccc(OC(=O)c2ccc(C(=O)Oc3ccc(C(C)(C)C)cc3)cc2)cc1. The average Bonchev–Trinajstić information content (AvgIpc) is 2.73. The Morgan fingerprint density at radius 2 is 0.781 bits per heavy atom. The van der Waals surface area contributed by atoms with Crippen LogP contribution in [0, 0.1) is 0 Å². The maximum Gasteiger partial charge on any atom is 0.343 e. The predicted molar refractivity (Wildman–Crippen MR) is 127 cm³/mol. The highest BCUT2D eigenvalue weighted by molar-refractivity contribution is 5.94. The summed E-state index contributed by atoms with van der Waals surface area (Å²) in [6, 6.07) is 21.2. The lowest BCUT2D eigenvalue weighted by Gasteiger charge is -2.19. The summed E-state index contributed by atoms with van der Waals surface area (Å²) in [5.74, 6) is -0.00669. The predicted octanol–water partition coefficient (Wildman–Crippen LogP) is 6.72. The summed E-state index contributed by atoms with van der Waals surface area (Å²) in [5.41, 5.74) is 3.09. The van der Waals surface area contributed by atoms with E-state index in [4.69, 9.17) is 9.47 Å². The maximum absolute atomic E-state index is 12.4. The van der Waals surface area contributed by atoms with Crippen LogP contribution in [0.15, 0.2) is 72.8 Å². The van der Waals surface area contributed by atoms with Gasteiger partial charge in [-0.3, -0.25) is 0 Å². The van der Waals surface area contributed by atoms with Gasteiger partial charge in [-0.1, -0.05) is 65.8 Å². The second-order valence-corrected chi connectivity index (χ2v) is 9.91. The van der Waals surface area contributed by atoms with Gasteiger partial charge >= 0.3 is 11.9 Å². The Bertz CT molecular complexity index is 988. The lowest BCUT2D eigenvalue weighted by Crippen LogP contribution is -2.13. The fourth-order valence-electron chi connectivity index (χ4n) is 3.12. The molecular weight excluding hydrogens is 400 g/mol.